The van der Waals surface area contributed by atoms with Crippen LogP contribution in [-0.2, 0) is 4.79 Å². The van der Waals surface area contributed by atoms with E-state index in [1.807, 2.05) is 30.3 Å². The quantitative estimate of drug-likeness (QED) is 0.560. The zero-order chi connectivity index (χ0) is 19.5. The van der Waals surface area contributed by atoms with Crippen LogP contribution in [0.5, 0.6) is 0 Å². The van der Waals surface area contributed by atoms with Gasteiger partial charge in [-0.15, -0.1) is 11.3 Å². The first-order valence-corrected chi connectivity index (χ1v) is 9.70. The van der Waals surface area contributed by atoms with Crippen LogP contribution in [0.1, 0.15) is 0 Å². The second-order valence-electron chi connectivity index (χ2n) is 6.47. The lowest BCUT2D eigenvalue weighted by atomic mass is 10.1. The van der Waals surface area contributed by atoms with E-state index >= 15 is 0 Å². The van der Waals surface area contributed by atoms with Crippen LogP contribution in [0.4, 0.5) is 5.82 Å². The molecule has 0 bridgehead atoms. The summed E-state index contributed by atoms with van der Waals surface area (Å²) < 4.78 is 0. The van der Waals surface area contributed by atoms with Gasteiger partial charge in [0.25, 0.3) is 0 Å². The minimum Gasteiger partial charge on any atom is -0.360 e. The predicted molar refractivity (Wildman–Crippen MR) is 113 cm³/mol. The minimum absolute atomic E-state index is 0.0221. The Morgan fingerprint density at radius 2 is 1.86 bits per heavy atom. The standard InChI is InChI=1S/C21H19N5OS/c1-26(2)17(27)12-23-20-18-16(14-7-4-3-5-8-14)13-28-21(18)25-19(24-20)15-9-6-10-22-11-15/h3-11,13H,12H2,1-2H3,(H,23,24,25). The molecule has 0 aliphatic carbocycles. The van der Waals surface area contributed by atoms with Crippen LogP contribution < -0.4 is 5.32 Å². The smallest absolute Gasteiger partial charge is 0.241 e. The number of hydrogen-bond acceptors (Lipinski definition) is 6. The zero-order valence-corrected chi connectivity index (χ0v) is 16.4. The van der Waals surface area contributed by atoms with Crippen molar-refractivity contribution in [1.82, 2.24) is 19.9 Å². The monoisotopic (exact) mass is 389 g/mol. The fraction of sp³-hybridized carbons (Fsp3) is 0.143. The maximum atomic E-state index is 12.1. The van der Waals surface area contributed by atoms with E-state index in [-0.39, 0.29) is 12.5 Å². The highest BCUT2D eigenvalue weighted by molar-refractivity contribution is 7.17. The molecule has 7 heteroatoms. The number of hydrogen-bond donors (Lipinski definition) is 1. The van der Waals surface area contributed by atoms with Crippen molar-refractivity contribution >= 4 is 33.3 Å². The van der Waals surface area contributed by atoms with E-state index < -0.39 is 0 Å². The van der Waals surface area contributed by atoms with E-state index in [2.05, 4.69) is 27.8 Å². The Kier molecular flexibility index (Phi) is 4.99. The lowest BCUT2D eigenvalue weighted by Crippen LogP contribution is -2.28. The van der Waals surface area contributed by atoms with Crippen LogP contribution in [0.3, 0.4) is 0 Å². The molecule has 6 nitrogen and oxygen atoms in total. The van der Waals surface area contributed by atoms with Crippen LogP contribution in [0.15, 0.2) is 60.2 Å². The lowest BCUT2D eigenvalue weighted by Gasteiger charge is -2.13. The van der Waals surface area contributed by atoms with Gasteiger partial charge in [-0.1, -0.05) is 30.3 Å². The molecule has 0 saturated carbocycles. The van der Waals surface area contributed by atoms with Crippen LogP contribution in [0.2, 0.25) is 0 Å². The van der Waals surface area contributed by atoms with E-state index in [0.717, 1.165) is 26.9 Å². The topological polar surface area (TPSA) is 71.0 Å². The Morgan fingerprint density at radius 3 is 2.57 bits per heavy atom. The summed E-state index contributed by atoms with van der Waals surface area (Å²) in [5, 5.41) is 6.23. The molecule has 0 radical (unpaired) electrons. The van der Waals surface area contributed by atoms with Crippen molar-refractivity contribution in [2.45, 2.75) is 0 Å². The molecule has 140 valence electrons. The van der Waals surface area contributed by atoms with Gasteiger partial charge in [0.2, 0.25) is 5.91 Å². The molecule has 4 rings (SSSR count). The third kappa shape index (κ3) is 3.57. The second kappa shape index (κ2) is 7.74. The number of carbonyl (C=O) groups excluding carboxylic acids is 1. The molecule has 1 amide bonds. The van der Waals surface area contributed by atoms with E-state index in [1.54, 1.807) is 42.7 Å². The van der Waals surface area contributed by atoms with Crippen LogP contribution in [0, 0.1) is 0 Å². The van der Waals surface area contributed by atoms with E-state index in [9.17, 15) is 4.79 Å². The number of fused-ring (bicyclic) bond motifs is 1. The zero-order valence-electron chi connectivity index (χ0n) is 15.6. The average Bonchev–Trinajstić information content (AvgIpc) is 3.17. The molecule has 1 aromatic carbocycles. The minimum atomic E-state index is -0.0221. The SMILES string of the molecule is CN(C)C(=O)CNc1nc(-c2cccnc2)nc2scc(-c3ccccc3)c12. The van der Waals surface area contributed by atoms with E-state index in [4.69, 9.17) is 9.97 Å². The average molecular weight is 389 g/mol. The number of thiophene rings is 1. The molecule has 1 N–H and O–H groups in total. The number of aromatic nitrogens is 3. The van der Waals surface area contributed by atoms with Crippen molar-refractivity contribution in [3.63, 3.8) is 0 Å². The van der Waals surface area contributed by atoms with Gasteiger partial charge >= 0.3 is 0 Å². The molecule has 28 heavy (non-hydrogen) atoms. The summed E-state index contributed by atoms with van der Waals surface area (Å²) in [5.41, 5.74) is 2.98. The third-order valence-corrected chi connectivity index (χ3v) is 5.22. The van der Waals surface area contributed by atoms with Crippen molar-refractivity contribution in [1.29, 1.82) is 0 Å². The first kappa shape index (κ1) is 18.1. The Morgan fingerprint density at radius 1 is 1.07 bits per heavy atom. The summed E-state index contributed by atoms with van der Waals surface area (Å²) in [4.78, 5) is 28.2. The Hall–Kier alpha value is -3.32. The second-order valence-corrected chi connectivity index (χ2v) is 7.33. The number of amides is 1. The molecule has 0 saturated heterocycles. The summed E-state index contributed by atoms with van der Waals surface area (Å²) in [5.74, 6) is 1.22. The van der Waals surface area contributed by atoms with E-state index in [0.29, 0.717) is 11.6 Å². The number of anilines is 1. The number of pyridine rings is 1. The van der Waals surface area contributed by atoms with Crippen molar-refractivity contribution in [2.24, 2.45) is 0 Å². The number of carbonyl (C=O) groups is 1. The van der Waals surface area contributed by atoms with Crippen molar-refractivity contribution in [2.75, 3.05) is 26.0 Å². The van der Waals surface area contributed by atoms with Crippen molar-refractivity contribution < 1.29 is 4.79 Å². The molecular formula is C21H19N5OS. The molecule has 0 aliphatic heterocycles. The largest absolute Gasteiger partial charge is 0.360 e. The van der Waals surface area contributed by atoms with Gasteiger partial charge in [0.1, 0.15) is 10.6 Å². The number of benzene rings is 1. The summed E-state index contributed by atoms with van der Waals surface area (Å²) in [7, 11) is 3.47. The van der Waals surface area contributed by atoms with Gasteiger partial charge in [-0.05, 0) is 17.7 Å². The Bertz CT molecular complexity index is 1110. The molecule has 0 aliphatic rings. The summed E-state index contributed by atoms with van der Waals surface area (Å²) in [6.45, 7) is 0.162. The van der Waals surface area contributed by atoms with Gasteiger partial charge in [0, 0.05) is 43.0 Å². The number of rotatable bonds is 5. The molecular weight excluding hydrogens is 370 g/mol. The fourth-order valence-corrected chi connectivity index (χ4v) is 3.79. The molecule has 0 unspecified atom stereocenters. The molecule has 4 aromatic rings. The summed E-state index contributed by atoms with van der Waals surface area (Å²) >= 11 is 1.57. The molecule has 0 spiro atoms. The van der Waals surface area contributed by atoms with E-state index in [1.165, 1.54) is 0 Å². The first-order valence-electron chi connectivity index (χ1n) is 8.82. The van der Waals surface area contributed by atoms with Gasteiger partial charge in [-0.25, -0.2) is 9.97 Å². The molecule has 0 atom stereocenters. The van der Waals surface area contributed by atoms with Gasteiger partial charge < -0.3 is 10.2 Å². The van der Waals surface area contributed by atoms with Gasteiger partial charge in [0.15, 0.2) is 5.82 Å². The lowest BCUT2D eigenvalue weighted by molar-refractivity contribution is -0.126. The van der Waals surface area contributed by atoms with Crippen LogP contribution in [-0.4, -0.2) is 46.4 Å². The van der Waals surface area contributed by atoms with Crippen LogP contribution in [0.25, 0.3) is 32.7 Å². The fourth-order valence-electron chi connectivity index (χ4n) is 2.84. The molecule has 3 heterocycles. The van der Waals surface area contributed by atoms with Gasteiger partial charge in [-0.2, -0.15) is 0 Å². The highest BCUT2D eigenvalue weighted by atomic mass is 32.1. The highest BCUT2D eigenvalue weighted by Crippen LogP contribution is 2.38. The third-order valence-electron chi connectivity index (χ3n) is 4.34. The highest BCUT2D eigenvalue weighted by Gasteiger charge is 2.17. The maximum Gasteiger partial charge on any atom is 0.241 e. The summed E-state index contributed by atoms with van der Waals surface area (Å²) in [6, 6.07) is 13.9. The predicted octanol–water partition coefficient (Wildman–Crippen LogP) is 3.92. The number of nitrogens with one attached hydrogen (secondary N) is 1. The van der Waals surface area contributed by atoms with Crippen LogP contribution >= 0.6 is 11.3 Å². The molecule has 0 fully saturated rings. The Labute approximate surface area is 166 Å². The summed E-state index contributed by atoms with van der Waals surface area (Å²) in [6.07, 6.45) is 3.46. The van der Waals surface area contributed by atoms with Gasteiger partial charge in [0.05, 0.1) is 11.9 Å². The number of likely N-dealkylation sites (N-methyl/N-ethyl adjacent to an activating group) is 1. The van der Waals surface area contributed by atoms with Gasteiger partial charge in [-0.3, -0.25) is 9.78 Å². The molecule has 3 aromatic heterocycles. The number of nitrogens with zero attached hydrogens (tertiary/aromatic N) is 4. The maximum absolute atomic E-state index is 12.1. The van der Waals surface area contributed by atoms with Crippen molar-refractivity contribution in [3.05, 3.63) is 60.2 Å². The van der Waals surface area contributed by atoms with Crippen molar-refractivity contribution in [3.8, 4) is 22.5 Å². The Balaban J connectivity index is 1.85. The normalized spacial score (nSPS) is 10.8. The first-order chi connectivity index (χ1) is 13.6.